The molecular weight excluding hydrogens is 623 g/mol. The number of ether oxygens (including phenoxy) is 1. The van der Waals surface area contributed by atoms with Crippen LogP contribution >= 0.6 is 23.1 Å². The number of carbonyl (C=O) groups is 2. The molecule has 0 fully saturated rings. The minimum atomic E-state index is -3.59. The number of methoxy groups -OCH3 is 1. The van der Waals surface area contributed by atoms with Crippen LogP contribution in [0.4, 0.5) is 0 Å². The Balaban J connectivity index is 1.22. The monoisotopic (exact) mass is 653 g/mol. The highest BCUT2D eigenvalue weighted by Gasteiger charge is 2.33. The zero-order chi connectivity index (χ0) is 31.4. The van der Waals surface area contributed by atoms with Gasteiger partial charge in [-0.25, -0.2) is 17.7 Å². The molecular formula is C29H31N7O5S3. The Labute approximate surface area is 263 Å². The molecule has 0 saturated carbocycles. The van der Waals surface area contributed by atoms with Gasteiger partial charge in [0.2, 0.25) is 10.0 Å². The van der Waals surface area contributed by atoms with Gasteiger partial charge in [0, 0.05) is 33.1 Å². The molecule has 5 rings (SSSR count). The van der Waals surface area contributed by atoms with Gasteiger partial charge in [0.1, 0.15) is 5.75 Å². The molecule has 2 amide bonds. The molecule has 1 aliphatic rings. The van der Waals surface area contributed by atoms with E-state index in [0.717, 1.165) is 26.2 Å². The molecule has 1 N–H and O–H groups in total. The molecule has 0 spiro atoms. The van der Waals surface area contributed by atoms with Crippen LogP contribution in [0.25, 0.3) is 0 Å². The van der Waals surface area contributed by atoms with E-state index in [4.69, 9.17) is 9.84 Å². The summed E-state index contributed by atoms with van der Waals surface area (Å²) in [5, 5.41) is 19.9. The number of hydrogen-bond acceptors (Lipinski definition) is 10. The summed E-state index contributed by atoms with van der Waals surface area (Å²) < 4.78 is 32.7. The average Bonchev–Trinajstić information content (AvgIpc) is 3.79. The van der Waals surface area contributed by atoms with Crippen molar-refractivity contribution >= 4 is 50.6 Å². The molecule has 44 heavy (non-hydrogen) atoms. The molecule has 1 atom stereocenters. The lowest BCUT2D eigenvalue weighted by atomic mass is 10.0. The van der Waals surface area contributed by atoms with Crippen LogP contribution in [-0.4, -0.2) is 77.0 Å². The van der Waals surface area contributed by atoms with E-state index < -0.39 is 10.0 Å². The maximum Gasteiger partial charge on any atom is 0.253 e. The number of amides is 2. The number of hydrogen-bond donors (Lipinski definition) is 1. The molecule has 2 aromatic heterocycles. The number of thiophene rings is 1. The summed E-state index contributed by atoms with van der Waals surface area (Å²) in [6.45, 7) is 0.0920. The Bertz CT molecular complexity index is 1770. The summed E-state index contributed by atoms with van der Waals surface area (Å²) in [4.78, 5) is 27.3. The molecule has 0 bridgehead atoms. The minimum Gasteiger partial charge on any atom is -0.497 e. The fraction of sp³-hybridized carbons (Fsp3) is 0.276. The smallest absolute Gasteiger partial charge is 0.253 e. The maximum atomic E-state index is 13.5. The Kier molecular flexibility index (Phi) is 9.48. The zero-order valence-corrected chi connectivity index (χ0v) is 26.9. The number of rotatable bonds is 11. The third kappa shape index (κ3) is 6.70. The Morgan fingerprint density at radius 3 is 2.45 bits per heavy atom. The third-order valence-corrected chi connectivity index (χ3v) is 10.8. The number of benzene rings is 2. The van der Waals surface area contributed by atoms with E-state index in [1.165, 1.54) is 50.1 Å². The van der Waals surface area contributed by atoms with Crippen molar-refractivity contribution in [2.24, 2.45) is 12.1 Å². The lowest BCUT2D eigenvalue weighted by molar-refractivity contribution is -0.130. The van der Waals surface area contributed by atoms with Gasteiger partial charge in [0.05, 0.1) is 40.9 Å². The SMILES string of the molecule is COc1ccc([C@@H]2CC(c3cccs3)=NN2C(=O)CSc2nnc(CNC(=O)c3ccc(S(=O)(=O)N(C)C)cc3)n2C)cc1. The largest absolute Gasteiger partial charge is 0.497 e. The first-order chi connectivity index (χ1) is 21.1. The van der Waals surface area contributed by atoms with Crippen LogP contribution in [0.15, 0.2) is 81.2 Å². The summed E-state index contributed by atoms with van der Waals surface area (Å²) in [6.07, 6.45) is 0.602. The number of aromatic nitrogens is 3. The number of nitrogens with zero attached hydrogens (tertiary/aromatic N) is 6. The van der Waals surface area contributed by atoms with Crippen molar-refractivity contribution in [1.29, 1.82) is 0 Å². The van der Waals surface area contributed by atoms with Gasteiger partial charge in [-0.05, 0) is 53.4 Å². The van der Waals surface area contributed by atoms with E-state index in [2.05, 4.69) is 15.5 Å². The summed E-state index contributed by atoms with van der Waals surface area (Å²) in [5.74, 6) is 0.774. The minimum absolute atomic E-state index is 0.0917. The normalized spacial score (nSPS) is 15.0. The maximum absolute atomic E-state index is 13.5. The molecule has 0 saturated heterocycles. The number of nitrogens with one attached hydrogen (secondary N) is 1. The van der Waals surface area contributed by atoms with Crippen LogP contribution in [0, 0.1) is 0 Å². The number of carbonyl (C=O) groups excluding carboxylic acids is 2. The average molecular weight is 654 g/mol. The Morgan fingerprint density at radius 1 is 1.09 bits per heavy atom. The Hall–Kier alpha value is -4.05. The highest BCUT2D eigenvalue weighted by atomic mass is 32.2. The lowest BCUT2D eigenvalue weighted by Gasteiger charge is -2.22. The molecule has 3 heterocycles. The molecule has 4 aromatic rings. The van der Waals surface area contributed by atoms with Crippen molar-refractivity contribution in [3.63, 3.8) is 0 Å². The summed E-state index contributed by atoms with van der Waals surface area (Å²) in [5.41, 5.74) is 2.14. The molecule has 0 unspecified atom stereocenters. The van der Waals surface area contributed by atoms with Gasteiger partial charge >= 0.3 is 0 Å². The summed E-state index contributed by atoms with van der Waals surface area (Å²) in [6, 6.07) is 17.1. The van der Waals surface area contributed by atoms with E-state index in [9.17, 15) is 18.0 Å². The van der Waals surface area contributed by atoms with E-state index in [1.807, 2.05) is 41.8 Å². The molecule has 1 aliphatic heterocycles. The van der Waals surface area contributed by atoms with E-state index >= 15 is 0 Å². The van der Waals surface area contributed by atoms with Crippen LogP contribution < -0.4 is 10.1 Å². The first-order valence-electron chi connectivity index (χ1n) is 13.5. The zero-order valence-electron chi connectivity index (χ0n) is 24.5. The fourth-order valence-corrected chi connectivity index (χ4v) is 6.89. The quantitative estimate of drug-likeness (QED) is 0.243. The third-order valence-electron chi connectivity index (χ3n) is 7.02. The second-order valence-electron chi connectivity index (χ2n) is 10.00. The standard InChI is InChI=1S/C29H31N7O5S3/c1-34(2)44(39,40)22-13-9-20(10-14-22)28(38)30-17-26-31-32-29(35(26)3)43-18-27(37)36-24(19-7-11-21(41-4)12-8-19)16-23(33-36)25-6-5-15-42-25/h5-15,24H,16-18H2,1-4H3,(H,30,38)/t24-/m0/s1. The first-order valence-corrected chi connectivity index (χ1v) is 16.8. The predicted molar refractivity (Wildman–Crippen MR) is 168 cm³/mol. The number of sulfonamides is 1. The highest BCUT2D eigenvalue weighted by Crippen LogP contribution is 2.35. The fourth-order valence-electron chi connectivity index (χ4n) is 4.49. The summed E-state index contributed by atoms with van der Waals surface area (Å²) in [7, 11) is 2.68. The number of thioether (sulfide) groups is 1. The van der Waals surface area contributed by atoms with E-state index in [-0.39, 0.29) is 35.0 Å². The highest BCUT2D eigenvalue weighted by molar-refractivity contribution is 7.99. The predicted octanol–water partition coefficient (Wildman–Crippen LogP) is 3.54. The van der Waals surface area contributed by atoms with Gasteiger partial charge in [0.25, 0.3) is 11.8 Å². The molecule has 2 aromatic carbocycles. The van der Waals surface area contributed by atoms with Crippen molar-refractivity contribution in [2.45, 2.75) is 29.1 Å². The van der Waals surface area contributed by atoms with Crippen LogP contribution in [0.5, 0.6) is 5.75 Å². The van der Waals surface area contributed by atoms with Gasteiger partial charge in [-0.1, -0.05) is 30.0 Å². The van der Waals surface area contributed by atoms with Crippen molar-refractivity contribution < 1.29 is 22.7 Å². The molecule has 230 valence electrons. The van der Waals surface area contributed by atoms with Crippen molar-refractivity contribution in [1.82, 2.24) is 29.4 Å². The van der Waals surface area contributed by atoms with E-state index in [0.29, 0.717) is 23.0 Å². The molecule has 12 nitrogen and oxygen atoms in total. The summed E-state index contributed by atoms with van der Waals surface area (Å²) >= 11 is 2.83. The van der Waals surface area contributed by atoms with E-state index in [1.54, 1.807) is 35.1 Å². The van der Waals surface area contributed by atoms with Crippen molar-refractivity contribution in [3.8, 4) is 5.75 Å². The first kappa shape index (κ1) is 31.4. The Morgan fingerprint density at radius 2 is 1.82 bits per heavy atom. The van der Waals surface area contributed by atoms with Gasteiger partial charge in [-0.15, -0.1) is 21.5 Å². The van der Waals surface area contributed by atoms with Crippen LogP contribution in [-0.2, 0) is 28.4 Å². The molecule has 15 heteroatoms. The topological polar surface area (TPSA) is 139 Å². The van der Waals surface area contributed by atoms with Crippen LogP contribution in [0.2, 0.25) is 0 Å². The van der Waals surface area contributed by atoms with Gasteiger partial charge < -0.3 is 14.6 Å². The second-order valence-corrected chi connectivity index (χ2v) is 14.0. The van der Waals surface area contributed by atoms with Gasteiger partial charge in [-0.3, -0.25) is 9.59 Å². The van der Waals surface area contributed by atoms with Gasteiger partial charge in [-0.2, -0.15) is 5.10 Å². The lowest BCUT2D eigenvalue weighted by Crippen LogP contribution is -2.28. The van der Waals surface area contributed by atoms with Crippen molar-refractivity contribution in [3.05, 3.63) is 87.9 Å². The van der Waals surface area contributed by atoms with Gasteiger partial charge in [0.15, 0.2) is 11.0 Å². The second kappa shape index (κ2) is 13.3. The molecule has 0 radical (unpaired) electrons. The molecule has 0 aliphatic carbocycles. The number of hydrazone groups is 1. The van der Waals surface area contributed by atoms with Crippen molar-refractivity contribution in [2.75, 3.05) is 27.0 Å². The van der Waals surface area contributed by atoms with Crippen LogP contribution in [0.1, 0.15) is 39.1 Å². The van der Waals surface area contributed by atoms with Crippen LogP contribution in [0.3, 0.4) is 0 Å².